The molecule has 0 aliphatic carbocycles. The first-order valence-electron chi connectivity index (χ1n) is 10.5. The summed E-state index contributed by atoms with van der Waals surface area (Å²) in [6.07, 6.45) is 0.575. The van der Waals surface area contributed by atoms with Gasteiger partial charge in [0.1, 0.15) is 5.54 Å². The average Bonchev–Trinajstić information content (AvgIpc) is 3.43. The van der Waals surface area contributed by atoms with Gasteiger partial charge in [-0.2, -0.15) is 0 Å². The third-order valence-corrected chi connectivity index (χ3v) is 6.67. The maximum atomic E-state index is 12.8. The number of imide groups is 1. The highest BCUT2D eigenvalue weighted by Crippen LogP contribution is 2.44. The number of hydrogen-bond acceptors (Lipinski definition) is 4. The number of urea groups is 2. The SMILES string of the molecule is CC1(c2cccc(CNC(=O)N3CCC4(C3)C(=O)Nc3ccccc34)c2)NC(=O)NC1=O. The molecule has 2 aromatic carbocycles. The number of carbonyl (C=O) groups is 4. The van der Waals surface area contributed by atoms with Gasteiger partial charge in [-0.1, -0.05) is 42.5 Å². The highest BCUT2D eigenvalue weighted by atomic mass is 16.2. The fourth-order valence-corrected chi connectivity index (χ4v) is 4.79. The van der Waals surface area contributed by atoms with Crippen molar-refractivity contribution in [2.45, 2.75) is 30.8 Å². The zero-order valence-electron chi connectivity index (χ0n) is 17.5. The molecule has 4 N–H and O–H groups in total. The van der Waals surface area contributed by atoms with E-state index in [1.54, 1.807) is 30.0 Å². The number of fused-ring (bicyclic) bond motifs is 2. The van der Waals surface area contributed by atoms with Crippen LogP contribution in [0.15, 0.2) is 48.5 Å². The van der Waals surface area contributed by atoms with Crippen LogP contribution in [0, 0.1) is 0 Å². The number of amides is 6. The smallest absolute Gasteiger partial charge is 0.322 e. The van der Waals surface area contributed by atoms with E-state index in [1.165, 1.54) is 0 Å². The van der Waals surface area contributed by atoms with Gasteiger partial charge in [-0.25, -0.2) is 9.59 Å². The van der Waals surface area contributed by atoms with Crippen molar-refractivity contribution in [1.29, 1.82) is 0 Å². The topological polar surface area (TPSA) is 120 Å². The van der Waals surface area contributed by atoms with Crippen LogP contribution in [-0.4, -0.2) is 41.9 Å². The quantitative estimate of drug-likeness (QED) is 0.549. The summed E-state index contributed by atoms with van der Waals surface area (Å²) in [5.41, 5.74) is 1.33. The Bertz CT molecular complexity index is 1160. The van der Waals surface area contributed by atoms with Crippen molar-refractivity contribution >= 4 is 29.6 Å². The molecule has 5 rings (SSSR count). The summed E-state index contributed by atoms with van der Waals surface area (Å²) >= 11 is 0. The van der Waals surface area contributed by atoms with E-state index >= 15 is 0 Å². The van der Waals surface area contributed by atoms with Gasteiger partial charge in [0, 0.05) is 25.3 Å². The van der Waals surface area contributed by atoms with Crippen LogP contribution in [0.5, 0.6) is 0 Å². The summed E-state index contributed by atoms with van der Waals surface area (Å²) in [7, 11) is 0. The Morgan fingerprint density at radius 3 is 2.66 bits per heavy atom. The minimum atomic E-state index is -1.15. The van der Waals surface area contributed by atoms with Gasteiger partial charge in [-0.15, -0.1) is 0 Å². The van der Waals surface area contributed by atoms with Gasteiger partial charge in [-0.05, 0) is 36.1 Å². The molecule has 0 saturated carbocycles. The van der Waals surface area contributed by atoms with E-state index in [1.807, 2.05) is 30.3 Å². The van der Waals surface area contributed by atoms with E-state index in [0.717, 1.165) is 16.8 Å². The summed E-state index contributed by atoms with van der Waals surface area (Å²) < 4.78 is 0. The zero-order chi connectivity index (χ0) is 22.5. The van der Waals surface area contributed by atoms with Gasteiger partial charge in [0.15, 0.2) is 0 Å². The van der Waals surface area contributed by atoms with Crippen LogP contribution in [0.3, 0.4) is 0 Å². The Labute approximate surface area is 184 Å². The second-order valence-corrected chi connectivity index (χ2v) is 8.65. The summed E-state index contributed by atoms with van der Waals surface area (Å²) in [6, 6.07) is 14.0. The fraction of sp³-hybridized carbons (Fsp3) is 0.304. The van der Waals surface area contributed by atoms with Crippen molar-refractivity contribution in [2.75, 3.05) is 18.4 Å². The van der Waals surface area contributed by atoms with Crippen LogP contribution in [0.4, 0.5) is 15.3 Å². The molecule has 164 valence electrons. The summed E-state index contributed by atoms with van der Waals surface area (Å²) in [5, 5.41) is 10.7. The number of hydrogen-bond donors (Lipinski definition) is 4. The third kappa shape index (κ3) is 3.00. The van der Waals surface area contributed by atoms with E-state index < -0.39 is 22.9 Å². The monoisotopic (exact) mass is 433 g/mol. The second kappa shape index (κ2) is 7.08. The molecule has 2 unspecified atom stereocenters. The van der Waals surface area contributed by atoms with Crippen molar-refractivity contribution in [1.82, 2.24) is 20.9 Å². The number of nitrogens with one attached hydrogen (secondary N) is 4. The number of benzene rings is 2. The van der Waals surface area contributed by atoms with Crippen LogP contribution >= 0.6 is 0 Å². The summed E-state index contributed by atoms with van der Waals surface area (Å²) in [6.45, 7) is 2.70. The van der Waals surface area contributed by atoms with Gasteiger partial charge in [0.2, 0.25) is 5.91 Å². The minimum Gasteiger partial charge on any atom is -0.334 e. The van der Waals surface area contributed by atoms with Crippen molar-refractivity contribution < 1.29 is 19.2 Å². The number of anilines is 1. The molecule has 9 nitrogen and oxygen atoms in total. The molecular weight excluding hydrogens is 410 g/mol. The Kier molecular flexibility index (Phi) is 4.44. The first-order chi connectivity index (χ1) is 15.3. The van der Waals surface area contributed by atoms with Crippen LogP contribution in [-0.2, 0) is 27.1 Å². The predicted octanol–water partition coefficient (Wildman–Crippen LogP) is 1.55. The number of nitrogens with zero attached hydrogens (tertiary/aromatic N) is 1. The fourth-order valence-electron chi connectivity index (χ4n) is 4.79. The van der Waals surface area contributed by atoms with Gasteiger partial charge < -0.3 is 20.9 Å². The van der Waals surface area contributed by atoms with E-state index in [0.29, 0.717) is 25.1 Å². The average molecular weight is 433 g/mol. The van der Waals surface area contributed by atoms with Gasteiger partial charge in [0.25, 0.3) is 5.91 Å². The van der Waals surface area contributed by atoms with E-state index in [4.69, 9.17) is 0 Å². The van der Waals surface area contributed by atoms with Crippen molar-refractivity contribution in [3.05, 3.63) is 65.2 Å². The lowest BCUT2D eigenvalue weighted by atomic mass is 9.81. The molecule has 0 aromatic heterocycles. The summed E-state index contributed by atoms with van der Waals surface area (Å²) in [5.74, 6) is -0.479. The number of rotatable bonds is 3. The molecule has 3 aliphatic heterocycles. The molecule has 3 aliphatic rings. The third-order valence-electron chi connectivity index (χ3n) is 6.67. The largest absolute Gasteiger partial charge is 0.334 e. The maximum Gasteiger partial charge on any atom is 0.322 e. The Balaban J connectivity index is 1.26. The van der Waals surface area contributed by atoms with Crippen LogP contribution in [0.1, 0.15) is 30.0 Å². The van der Waals surface area contributed by atoms with Crippen molar-refractivity contribution in [2.24, 2.45) is 0 Å². The van der Waals surface area contributed by atoms with Crippen LogP contribution in [0.25, 0.3) is 0 Å². The molecule has 0 bridgehead atoms. The molecule has 1 spiro atoms. The highest BCUT2D eigenvalue weighted by molar-refractivity contribution is 6.07. The minimum absolute atomic E-state index is 0.0631. The normalized spacial score (nSPS) is 26.0. The first kappa shape index (κ1) is 20.0. The lowest BCUT2D eigenvalue weighted by molar-refractivity contribution is -0.123. The standard InChI is InChI=1S/C23H23N5O4/c1-22(18(29)26-20(31)27-22)15-6-4-5-14(11-15)12-24-21(32)28-10-9-23(13-28)16-7-2-3-8-17(16)25-19(23)30/h2-8,11H,9-10,12-13H2,1H3,(H,24,32)(H,25,30)(H2,26,27,29,31). The molecule has 3 heterocycles. The molecule has 2 aromatic rings. The molecule has 2 atom stereocenters. The Morgan fingerprint density at radius 1 is 1.06 bits per heavy atom. The summed E-state index contributed by atoms with van der Waals surface area (Å²) in [4.78, 5) is 51.0. The Hall–Kier alpha value is -3.88. The number of para-hydroxylation sites is 1. The van der Waals surface area contributed by atoms with Crippen LogP contribution < -0.4 is 21.3 Å². The molecule has 2 fully saturated rings. The van der Waals surface area contributed by atoms with Crippen molar-refractivity contribution in [3.8, 4) is 0 Å². The molecule has 2 saturated heterocycles. The van der Waals surface area contributed by atoms with E-state index in [2.05, 4.69) is 21.3 Å². The highest BCUT2D eigenvalue weighted by Gasteiger charge is 2.52. The van der Waals surface area contributed by atoms with Gasteiger partial charge >= 0.3 is 12.1 Å². The van der Waals surface area contributed by atoms with Crippen LogP contribution in [0.2, 0.25) is 0 Å². The zero-order valence-corrected chi connectivity index (χ0v) is 17.5. The van der Waals surface area contributed by atoms with E-state index in [-0.39, 0.29) is 18.5 Å². The lowest BCUT2D eigenvalue weighted by Gasteiger charge is -2.23. The predicted molar refractivity (Wildman–Crippen MR) is 116 cm³/mol. The number of carbonyl (C=O) groups excluding carboxylic acids is 4. The lowest BCUT2D eigenvalue weighted by Crippen LogP contribution is -2.43. The molecule has 0 radical (unpaired) electrons. The first-order valence-corrected chi connectivity index (χ1v) is 10.5. The van der Waals surface area contributed by atoms with E-state index in [9.17, 15) is 19.2 Å². The van der Waals surface area contributed by atoms with Gasteiger partial charge in [0.05, 0.1) is 5.41 Å². The molecule has 6 amide bonds. The van der Waals surface area contributed by atoms with Crippen molar-refractivity contribution in [3.63, 3.8) is 0 Å². The molecule has 32 heavy (non-hydrogen) atoms. The van der Waals surface area contributed by atoms with Gasteiger partial charge in [-0.3, -0.25) is 14.9 Å². The maximum absolute atomic E-state index is 12.8. The molecule has 9 heteroatoms. The Morgan fingerprint density at radius 2 is 1.88 bits per heavy atom. The molecular formula is C23H23N5O4. The second-order valence-electron chi connectivity index (χ2n) is 8.65. The number of likely N-dealkylation sites (tertiary alicyclic amines) is 1.